The Kier molecular flexibility index (Phi) is 5.71. The van der Waals surface area contributed by atoms with Crippen LogP contribution in [0.15, 0.2) is 43.1 Å². The Balaban J connectivity index is 2.10. The number of hydrogen-bond acceptors (Lipinski definition) is 3. The van der Waals surface area contributed by atoms with Gasteiger partial charge in [-0.3, -0.25) is 0 Å². The molecule has 8 heteroatoms. The summed E-state index contributed by atoms with van der Waals surface area (Å²) >= 11 is 17.6. The van der Waals surface area contributed by atoms with E-state index in [0.29, 0.717) is 11.4 Å². The molecule has 0 aliphatic rings. The number of hydrogen-bond donors (Lipinski definition) is 1. The molecule has 0 aliphatic carbocycles. The molecule has 2 aromatic rings. The van der Waals surface area contributed by atoms with Crippen molar-refractivity contribution in [1.82, 2.24) is 9.88 Å². The molecule has 0 unspecified atom stereocenters. The monoisotopic (exact) mass is 371 g/mol. The second kappa shape index (κ2) is 7.55. The summed E-state index contributed by atoms with van der Waals surface area (Å²) in [7, 11) is 1.59. The van der Waals surface area contributed by atoms with Crippen LogP contribution < -0.4 is 10.1 Å². The number of carbonyl (C=O) groups excluding carboxylic acids is 1. The molecule has 1 heterocycles. The smallest absolute Gasteiger partial charge is 0.325 e. The first-order valence-electron chi connectivity index (χ1n) is 6.36. The molecule has 23 heavy (non-hydrogen) atoms. The molecule has 1 aromatic carbocycles. The molecule has 0 radical (unpaired) electrons. The number of nitrogens with zero attached hydrogens (tertiary/aromatic N) is 2. The molecule has 0 saturated heterocycles. The standard InChI is InChI=1S/C15H12Cl3N3O2/c1-3-21(2)15(22)19-9-4-6-10(7-5-9)23-14-12(17)8-11(16)13(18)20-14/h3-8H,1H2,2H3,(H,19,22). The normalized spacial score (nSPS) is 10.1. The zero-order chi connectivity index (χ0) is 17.0. The number of amides is 2. The van der Waals surface area contributed by atoms with Gasteiger partial charge in [0.05, 0.1) is 5.02 Å². The molecular formula is C15H12Cl3N3O2. The maximum absolute atomic E-state index is 11.7. The van der Waals surface area contributed by atoms with Crippen molar-refractivity contribution in [3.8, 4) is 11.6 Å². The predicted octanol–water partition coefficient (Wildman–Crippen LogP) is 5.44. The second-order valence-electron chi connectivity index (χ2n) is 4.40. The molecule has 5 nitrogen and oxygen atoms in total. The van der Waals surface area contributed by atoms with Gasteiger partial charge in [0.25, 0.3) is 0 Å². The van der Waals surface area contributed by atoms with Crippen molar-refractivity contribution in [2.75, 3.05) is 12.4 Å². The number of rotatable bonds is 4. The highest BCUT2D eigenvalue weighted by Crippen LogP contribution is 2.33. The zero-order valence-electron chi connectivity index (χ0n) is 12.0. The zero-order valence-corrected chi connectivity index (χ0v) is 14.3. The summed E-state index contributed by atoms with van der Waals surface area (Å²) in [5.41, 5.74) is 0.601. The number of carbonyl (C=O) groups is 1. The number of pyridine rings is 1. The average Bonchev–Trinajstić information content (AvgIpc) is 2.53. The Hall–Kier alpha value is -1.95. The molecule has 0 bridgehead atoms. The summed E-state index contributed by atoms with van der Waals surface area (Å²) in [6, 6.07) is 7.81. The third kappa shape index (κ3) is 4.51. The Morgan fingerprint density at radius 3 is 2.52 bits per heavy atom. The lowest BCUT2D eigenvalue weighted by atomic mass is 10.3. The minimum Gasteiger partial charge on any atom is -0.437 e. The van der Waals surface area contributed by atoms with Gasteiger partial charge >= 0.3 is 6.03 Å². The van der Waals surface area contributed by atoms with Crippen molar-refractivity contribution >= 4 is 46.5 Å². The maximum atomic E-state index is 11.7. The van der Waals surface area contributed by atoms with Crippen molar-refractivity contribution in [3.05, 3.63) is 58.3 Å². The van der Waals surface area contributed by atoms with Crippen LogP contribution in [0.1, 0.15) is 0 Å². The van der Waals surface area contributed by atoms with Crippen LogP contribution in [-0.2, 0) is 0 Å². The van der Waals surface area contributed by atoms with Gasteiger partial charge in [0.15, 0.2) is 5.15 Å². The lowest BCUT2D eigenvalue weighted by molar-refractivity contribution is 0.235. The van der Waals surface area contributed by atoms with E-state index in [4.69, 9.17) is 39.5 Å². The highest BCUT2D eigenvalue weighted by Gasteiger charge is 2.10. The van der Waals surface area contributed by atoms with Crippen molar-refractivity contribution in [2.24, 2.45) is 0 Å². The molecule has 0 aliphatic heterocycles. The quantitative estimate of drug-likeness (QED) is 0.727. The van der Waals surface area contributed by atoms with Crippen LogP contribution in [0, 0.1) is 0 Å². The summed E-state index contributed by atoms with van der Waals surface area (Å²) in [5.74, 6) is 0.622. The molecule has 1 aromatic heterocycles. The molecule has 0 atom stereocenters. The number of benzene rings is 1. The highest BCUT2D eigenvalue weighted by molar-refractivity contribution is 6.42. The van der Waals surface area contributed by atoms with Gasteiger partial charge in [0.2, 0.25) is 5.88 Å². The van der Waals surface area contributed by atoms with E-state index in [0.717, 1.165) is 0 Å². The van der Waals surface area contributed by atoms with Gasteiger partial charge in [-0.15, -0.1) is 0 Å². The minimum atomic E-state index is -0.303. The van der Waals surface area contributed by atoms with Crippen LogP contribution in [-0.4, -0.2) is 23.0 Å². The number of nitrogens with one attached hydrogen (secondary N) is 1. The highest BCUT2D eigenvalue weighted by atomic mass is 35.5. The average molecular weight is 373 g/mol. The van der Waals surface area contributed by atoms with E-state index in [1.54, 1.807) is 31.3 Å². The minimum absolute atomic E-state index is 0.0995. The Labute approximate surface area is 148 Å². The Morgan fingerprint density at radius 1 is 1.26 bits per heavy atom. The van der Waals surface area contributed by atoms with Gasteiger partial charge in [-0.2, -0.15) is 4.98 Å². The summed E-state index contributed by atoms with van der Waals surface area (Å²) in [6.45, 7) is 3.51. The lowest BCUT2D eigenvalue weighted by Gasteiger charge is -2.13. The summed E-state index contributed by atoms with van der Waals surface area (Å²) in [6.07, 6.45) is 1.41. The third-order valence-corrected chi connectivity index (χ3v) is 3.71. The van der Waals surface area contributed by atoms with Crippen LogP contribution in [0.5, 0.6) is 11.6 Å². The Morgan fingerprint density at radius 2 is 1.91 bits per heavy atom. The first-order valence-corrected chi connectivity index (χ1v) is 7.50. The molecule has 1 N–H and O–H groups in total. The molecule has 120 valence electrons. The topological polar surface area (TPSA) is 54.5 Å². The number of anilines is 1. The molecule has 2 rings (SSSR count). The Bertz CT molecular complexity index is 735. The SMILES string of the molecule is C=CN(C)C(=O)Nc1ccc(Oc2nc(Cl)c(Cl)cc2Cl)cc1. The van der Waals surface area contributed by atoms with E-state index < -0.39 is 0 Å². The molecule has 0 spiro atoms. The van der Waals surface area contributed by atoms with Crippen LogP contribution in [0.25, 0.3) is 0 Å². The van der Waals surface area contributed by atoms with Crippen molar-refractivity contribution < 1.29 is 9.53 Å². The largest absolute Gasteiger partial charge is 0.437 e. The molecule has 2 amide bonds. The first-order chi connectivity index (χ1) is 10.9. The van der Waals surface area contributed by atoms with E-state index in [-0.39, 0.29) is 27.1 Å². The molecule has 0 saturated carbocycles. The van der Waals surface area contributed by atoms with E-state index in [9.17, 15) is 4.79 Å². The van der Waals surface area contributed by atoms with E-state index >= 15 is 0 Å². The van der Waals surface area contributed by atoms with E-state index in [1.807, 2.05) is 0 Å². The number of urea groups is 1. The van der Waals surface area contributed by atoms with E-state index in [1.165, 1.54) is 17.2 Å². The van der Waals surface area contributed by atoms with Gasteiger partial charge in [-0.05, 0) is 30.3 Å². The molecular weight excluding hydrogens is 361 g/mol. The van der Waals surface area contributed by atoms with Gasteiger partial charge in [0.1, 0.15) is 10.8 Å². The molecule has 0 fully saturated rings. The summed E-state index contributed by atoms with van der Waals surface area (Å²) < 4.78 is 5.55. The lowest BCUT2D eigenvalue weighted by Crippen LogP contribution is -2.26. The van der Waals surface area contributed by atoms with Crippen molar-refractivity contribution in [2.45, 2.75) is 0 Å². The van der Waals surface area contributed by atoms with Gasteiger partial charge in [-0.1, -0.05) is 41.4 Å². The number of ether oxygens (including phenoxy) is 1. The third-order valence-electron chi connectivity index (χ3n) is 2.77. The fraction of sp³-hybridized carbons (Fsp3) is 0.0667. The van der Waals surface area contributed by atoms with Gasteiger partial charge < -0.3 is 15.0 Å². The van der Waals surface area contributed by atoms with Crippen molar-refractivity contribution in [1.29, 1.82) is 0 Å². The summed E-state index contributed by atoms with van der Waals surface area (Å²) in [4.78, 5) is 17.0. The van der Waals surface area contributed by atoms with Crippen LogP contribution in [0.4, 0.5) is 10.5 Å². The second-order valence-corrected chi connectivity index (χ2v) is 5.57. The van der Waals surface area contributed by atoms with Crippen LogP contribution in [0.2, 0.25) is 15.2 Å². The van der Waals surface area contributed by atoms with Gasteiger partial charge in [-0.25, -0.2) is 4.79 Å². The fourth-order valence-electron chi connectivity index (χ4n) is 1.51. The number of aromatic nitrogens is 1. The fourth-order valence-corrected chi connectivity index (χ4v) is 2.04. The summed E-state index contributed by atoms with van der Waals surface area (Å²) in [5, 5.41) is 3.28. The van der Waals surface area contributed by atoms with Crippen molar-refractivity contribution in [3.63, 3.8) is 0 Å². The first kappa shape index (κ1) is 17.4. The van der Waals surface area contributed by atoms with Gasteiger partial charge in [0, 0.05) is 18.9 Å². The van der Waals surface area contributed by atoms with Crippen LogP contribution >= 0.6 is 34.8 Å². The van der Waals surface area contributed by atoms with E-state index in [2.05, 4.69) is 16.9 Å². The maximum Gasteiger partial charge on any atom is 0.325 e. The van der Waals surface area contributed by atoms with Crippen LogP contribution in [0.3, 0.4) is 0 Å². The predicted molar refractivity (Wildman–Crippen MR) is 92.8 cm³/mol. The number of halogens is 3.